The number of thioether (sulfide) groups is 1. The van der Waals surface area contributed by atoms with Crippen molar-refractivity contribution in [1.82, 2.24) is 5.32 Å². The summed E-state index contributed by atoms with van der Waals surface area (Å²) in [5.74, 6) is -0.236. The Labute approximate surface area is 96.6 Å². The SMILES string of the molecule is O=C(O)COCC(=S)NC1CCSC1=O. The third-order valence-electron chi connectivity index (χ3n) is 1.73. The van der Waals surface area contributed by atoms with Crippen molar-refractivity contribution in [3.05, 3.63) is 0 Å². The maximum atomic E-state index is 11.2. The predicted molar refractivity (Wildman–Crippen MR) is 60.1 cm³/mol. The fourth-order valence-corrected chi connectivity index (χ4v) is 2.25. The minimum absolute atomic E-state index is 0.0378. The van der Waals surface area contributed by atoms with Gasteiger partial charge in [-0.15, -0.1) is 0 Å². The number of hydrogen-bond acceptors (Lipinski definition) is 5. The average molecular weight is 249 g/mol. The summed E-state index contributed by atoms with van der Waals surface area (Å²) < 4.78 is 4.78. The van der Waals surface area contributed by atoms with Crippen molar-refractivity contribution in [1.29, 1.82) is 0 Å². The number of hydrogen-bond donors (Lipinski definition) is 2. The molecule has 0 aromatic rings. The van der Waals surface area contributed by atoms with Crippen LogP contribution in [0.15, 0.2) is 0 Å². The van der Waals surface area contributed by atoms with Crippen molar-refractivity contribution in [3.63, 3.8) is 0 Å². The zero-order chi connectivity index (χ0) is 11.3. The van der Waals surface area contributed by atoms with Gasteiger partial charge in [0.1, 0.15) is 11.6 Å². The summed E-state index contributed by atoms with van der Waals surface area (Å²) in [6, 6.07) is -0.240. The topological polar surface area (TPSA) is 75.6 Å². The lowest BCUT2D eigenvalue weighted by Crippen LogP contribution is -2.38. The van der Waals surface area contributed by atoms with Crippen LogP contribution in [0.1, 0.15) is 6.42 Å². The summed E-state index contributed by atoms with van der Waals surface area (Å²) in [4.78, 5) is 21.7. The van der Waals surface area contributed by atoms with Gasteiger partial charge in [0.05, 0.1) is 12.6 Å². The van der Waals surface area contributed by atoms with Crippen molar-refractivity contribution >= 4 is 40.1 Å². The van der Waals surface area contributed by atoms with Gasteiger partial charge in [0.2, 0.25) is 5.12 Å². The van der Waals surface area contributed by atoms with Gasteiger partial charge in [-0.05, 0) is 6.42 Å². The summed E-state index contributed by atoms with van der Waals surface area (Å²) in [7, 11) is 0. The first-order chi connectivity index (χ1) is 7.09. The van der Waals surface area contributed by atoms with Gasteiger partial charge in [-0.2, -0.15) is 0 Å². The highest BCUT2D eigenvalue weighted by atomic mass is 32.2. The molecule has 2 N–H and O–H groups in total. The standard InChI is InChI=1S/C8H11NO4S2/c10-7(11)4-13-3-6(14)9-5-1-2-15-8(5)12/h5H,1-4H2,(H,9,14)(H,10,11). The maximum absolute atomic E-state index is 11.2. The second-order valence-electron chi connectivity index (χ2n) is 2.96. The van der Waals surface area contributed by atoms with E-state index in [1.54, 1.807) is 0 Å². The highest BCUT2D eigenvalue weighted by Crippen LogP contribution is 2.19. The first-order valence-electron chi connectivity index (χ1n) is 4.35. The number of ether oxygens (including phenoxy) is 1. The van der Waals surface area contributed by atoms with Crippen LogP contribution in [-0.4, -0.2) is 46.2 Å². The zero-order valence-corrected chi connectivity index (χ0v) is 9.53. The van der Waals surface area contributed by atoms with Crippen LogP contribution in [0.4, 0.5) is 0 Å². The van der Waals surface area contributed by atoms with Crippen molar-refractivity contribution in [2.45, 2.75) is 12.5 Å². The Balaban J connectivity index is 2.18. The Hall–Kier alpha value is -0.660. The van der Waals surface area contributed by atoms with E-state index in [2.05, 4.69) is 5.32 Å². The van der Waals surface area contributed by atoms with Crippen LogP contribution in [-0.2, 0) is 14.3 Å². The van der Waals surface area contributed by atoms with Crippen LogP contribution in [0.3, 0.4) is 0 Å². The number of carbonyl (C=O) groups excluding carboxylic acids is 1. The Bertz CT molecular complexity index is 282. The number of aliphatic carboxylic acids is 1. The van der Waals surface area contributed by atoms with Gasteiger partial charge in [0.15, 0.2) is 0 Å². The molecular formula is C8H11NO4S2. The average Bonchev–Trinajstić information content (AvgIpc) is 2.51. The monoisotopic (exact) mass is 249 g/mol. The minimum atomic E-state index is -1.04. The molecule has 7 heteroatoms. The molecule has 1 aliphatic heterocycles. The molecule has 1 fully saturated rings. The highest BCUT2D eigenvalue weighted by molar-refractivity contribution is 8.14. The van der Waals surface area contributed by atoms with Crippen LogP contribution < -0.4 is 5.32 Å². The van der Waals surface area contributed by atoms with E-state index in [4.69, 9.17) is 22.1 Å². The molecule has 0 amide bonds. The minimum Gasteiger partial charge on any atom is -0.480 e. The Morgan fingerprint density at radius 2 is 2.40 bits per heavy atom. The van der Waals surface area contributed by atoms with E-state index in [0.29, 0.717) is 4.99 Å². The third kappa shape index (κ3) is 4.59. The maximum Gasteiger partial charge on any atom is 0.329 e. The van der Waals surface area contributed by atoms with Crippen LogP contribution in [0.25, 0.3) is 0 Å². The molecule has 5 nitrogen and oxygen atoms in total. The molecule has 1 saturated heterocycles. The summed E-state index contributed by atoms with van der Waals surface area (Å²) >= 11 is 6.19. The fourth-order valence-electron chi connectivity index (χ4n) is 1.09. The van der Waals surface area contributed by atoms with E-state index in [-0.39, 0.29) is 24.4 Å². The van der Waals surface area contributed by atoms with Gasteiger partial charge in [-0.1, -0.05) is 24.0 Å². The summed E-state index contributed by atoms with van der Waals surface area (Å²) in [5.41, 5.74) is 0. The smallest absolute Gasteiger partial charge is 0.329 e. The molecule has 1 aliphatic rings. The van der Waals surface area contributed by atoms with E-state index >= 15 is 0 Å². The van der Waals surface area contributed by atoms with Crippen LogP contribution >= 0.6 is 24.0 Å². The van der Waals surface area contributed by atoms with Crippen LogP contribution in [0, 0.1) is 0 Å². The lowest BCUT2D eigenvalue weighted by Gasteiger charge is -2.12. The van der Waals surface area contributed by atoms with Crippen molar-refractivity contribution in [3.8, 4) is 0 Å². The number of carboxylic acid groups (broad SMARTS) is 1. The van der Waals surface area contributed by atoms with E-state index in [0.717, 1.165) is 12.2 Å². The van der Waals surface area contributed by atoms with Gasteiger partial charge in [0, 0.05) is 5.75 Å². The molecule has 0 saturated carbocycles. The van der Waals surface area contributed by atoms with Gasteiger partial charge in [0.25, 0.3) is 0 Å². The van der Waals surface area contributed by atoms with Gasteiger partial charge in [-0.3, -0.25) is 4.79 Å². The molecule has 1 atom stereocenters. The number of thiocarbonyl (C=S) groups is 1. The quantitative estimate of drug-likeness (QED) is 0.666. The predicted octanol–water partition coefficient (Wildman–Crippen LogP) is 0.0367. The van der Waals surface area contributed by atoms with E-state index in [9.17, 15) is 9.59 Å². The lowest BCUT2D eigenvalue weighted by atomic mass is 10.2. The number of nitrogens with one attached hydrogen (secondary N) is 1. The molecule has 1 rings (SSSR count). The van der Waals surface area contributed by atoms with Crippen LogP contribution in [0.5, 0.6) is 0 Å². The number of rotatable bonds is 5. The van der Waals surface area contributed by atoms with E-state index in [1.165, 1.54) is 11.8 Å². The number of carbonyl (C=O) groups is 2. The second kappa shape index (κ2) is 6.04. The first kappa shape index (κ1) is 12.4. The van der Waals surface area contributed by atoms with Gasteiger partial charge in [-0.25, -0.2) is 4.79 Å². The Morgan fingerprint density at radius 3 is 2.93 bits per heavy atom. The summed E-state index contributed by atoms with van der Waals surface area (Å²) in [6.07, 6.45) is 0.753. The van der Waals surface area contributed by atoms with Crippen LogP contribution in [0.2, 0.25) is 0 Å². The highest BCUT2D eigenvalue weighted by Gasteiger charge is 2.25. The van der Waals surface area contributed by atoms with Crippen molar-refractivity contribution < 1.29 is 19.4 Å². The molecule has 0 spiro atoms. The molecule has 0 aromatic carbocycles. The molecule has 1 unspecified atom stereocenters. The van der Waals surface area contributed by atoms with Gasteiger partial charge >= 0.3 is 5.97 Å². The first-order valence-corrected chi connectivity index (χ1v) is 5.74. The lowest BCUT2D eigenvalue weighted by molar-refractivity contribution is -0.141. The largest absolute Gasteiger partial charge is 0.480 e. The molecule has 84 valence electrons. The van der Waals surface area contributed by atoms with E-state index in [1.807, 2.05) is 0 Å². The van der Waals surface area contributed by atoms with Crippen molar-refractivity contribution in [2.75, 3.05) is 19.0 Å². The molecule has 0 bridgehead atoms. The number of carboxylic acids is 1. The molecule has 0 aliphatic carbocycles. The zero-order valence-electron chi connectivity index (χ0n) is 7.89. The molecule has 1 heterocycles. The molecule has 15 heavy (non-hydrogen) atoms. The second-order valence-corrected chi connectivity index (χ2v) is 4.55. The Kier molecular flexibility index (Phi) is 5.00. The summed E-state index contributed by atoms with van der Waals surface area (Å²) in [6.45, 7) is -0.342. The third-order valence-corrected chi connectivity index (χ3v) is 2.97. The summed E-state index contributed by atoms with van der Waals surface area (Å²) in [5, 5.41) is 11.2. The normalized spacial score (nSPS) is 20.3. The Morgan fingerprint density at radius 1 is 1.67 bits per heavy atom. The van der Waals surface area contributed by atoms with Gasteiger partial charge < -0.3 is 15.2 Å². The molecule has 0 radical (unpaired) electrons. The van der Waals surface area contributed by atoms with E-state index < -0.39 is 5.97 Å². The van der Waals surface area contributed by atoms with Crippen molar-refractivity contribution in [2.24, 2.45) is 0 Å². The molecule has 0 aromatic heterocycles. The molecular weight excluding hydrogens is 238 g/mol. The fraction of sp³-hybridized carbons (Fsp3) is 0.625.